The van der Waals surface area contributed by atoms with Crippen LogP contribution in [0.3, 0.4) is 0 Å². The molecule has 0 amide bonds. The third-order valence-electron chi connectivity index (χ3n) is 2.96. The summed E-state index contributed by atoms with van der Waals surface area (Å²) in [6.45, 7) is 4.28. The molecule has 72 valence electrons. The summed E-state index contributed by atoms with van der Waals surface area (Å²) < 4.78 is 2.30. The van der Waals surface area contributed by atoms with E-state index in [0.29, 0.717) is 0 Å². The molecule has 1 aliphatic rings. The third-order valence-corrected chi connectivity index (χ3v) is 2.96. The standard InChI is InChI=1S/C12H14N2/c1-8-5-9(2)14-11(10-3-4-10)7-13-12(14)6-8/h5-7,10H,3-4H2,1-2H3. The van der Waals surface area contributed by atoms with Crippen molar-refractivity contribution in [2.24, 2.45) is 0 Å². The van der Waals surface area contributed by atoms with Gasteiger partial charge in [0, 0.05) is 23.5 Å². The zero-order valence-corrected chi connectivity index (χ0v) is 8.62. The Balaban J connectivity index is 2.33. The number of hydrogen-bond donors (Lipinski definition) is 0. The van der Waals surface area contributed by atoms with Crippen molar-refractivity contribution in [1.29, 1.82) is 0 Å². The van der Waals surface area contributed by atoms with Gasteiger partial charge in [-0.05, 0) is 44.4 Å². The van der Waals surface area contributed by atoms with Crippen molar-refractivity contribution in [2.75, 3.05) is 0 Å². The molecule has 1 aliphatic carbocycles. The first-order chi connectivity index (χ1) is 6.75. The van der Waals surface area contributed by atoms with Crippen molar-refractivity contribution in [3.05, 3.63) is 35.3 Å². The molecule has 0 bridgehead atoms. The van der Waals surface area contributed by atoms with Gasteiger partial charge in [0.15, 0.2) is 0 Å². The molecule has 0 atom stereocenters. The highest BCUT2D eigenvalue weighted by atomic mass is 15.0. The number of rotatable bonds is 1. The van der Waals surface area contributed by atoms with Crippen LogP contribution in [0, 0.1) is 13.8 Å². The minimum absolute atomic E-state index is 0.770. The second-order valence-corrected chi connectivity index (χ2v) is 4.33. The molecule has 0 radical (unpaired) electrons. The Bertz CT molecular complexity index is 492. The number of imidazole rings is 1. The summed E-state index contributed by atoms with van der Waals surface area (Å²) in [6.07, 6.45) is 4.71. The van der Waals surface area contributed by atoms with E-state index >= 15 is 0 Å². The second-order valence-electron chi connectivity index (χ2n) is 4.33. The molecule has 0 spiro atoms. The summed E-state index contributed by atoms with van der Waals surface area (Å²) in [5, 5.41) is 0. The first-order valence-corrected chi connectivity index (χ1v) is 5.20. The molecule has 0 aromatic carbocycles. The van der Waals surface area contributed by atoms with Gasteiger partial charge in [-0.15, -0.1) is 0 Å². The second kappa shape index (κ2) is 2.59. The highest BCUT2D eigenvalue weighted by Gasteiger charge is 2.27. The molecular formula is C12H14N2. The van der Waals surface area contributed by atoms with E-state index in [9.17, 15) is 0 Å². The molecule has 1 saturated carbocycles. The molecule has 2 heterocycles. The summed E-state index contributed by atoms with van der Waals surface area (Å²) >= 11 is 0. The molecule has 0 unspecified atom stereocenters. The lowest BCUT2D eigenvalue weighted by molar-refractivity contribution is 0.947. The predicted molar refractivity (Wildman–Crippen MR) is 56.6 cm³/mol. The Labute approximate surface area is 83.6 Å². The fraction of sp³-hybridized carbons (Fsp3) is 0.417. The largest absolute Gasteiger partial charge is 0.301 e. The van der Waals surface area contributed by atoms with Crippen LogP contribution in [0.25, 0.3) is 5.65 Å². The number of aryl methyl sites for hydroxylation is 2. The van der Waals surface area contributed by atoms with Crippen LogP contribution in [0.5, 0.6) is 0 Å². The summed E-state index contributed by atoms with van der Waals surface area (Å²) in [7, 11) is 0. The van der Waals surface area contributed by atoms with Crippen LogP contribution in [-0.4, -0.2) is 9.38 Å². The highest BCUT2D eigenvalue weighted by Crippen LogP contribution is 2.40. The maximum Gasteiger partial charge on any atom is 0.137 e. The summed E-state index contributed by atoms with van der Waals surface area (Å²) in [6, 6.07) is 4.37. The smallest absolute Gasteiger partial charge is 0.137 e. The summed E-state index contributed by atoms with van der Waals surface area (Å²) in [4.78, 5) is 4.46. The Morgan fingerprint density at radius 3 is 2.79 bits per heavy atom. The Hall–Kier alpha value is -1.31. The molecule has 0 aliphatic heterocycles. The lowest BCUT2D eigenvalue weighted by Crippen LogP contribution is -1.96. The van der Waals surface area contributed by atoms with Crippen LogP contribution in [0.2, 0.25) is 0 Å². The maximum atomic E-state index is 4.46. The summed E-state index contributed by atoms with van der Waals surface area (Å²) in [5.41, 5.74) is 5.10. The van der Waals surface area contributed by atoms with E-state index in [1.807, 2.05) is 6.20 Å². The van der Waals surface area contributed by atoms with Crippen LogP contribution >= 0.6 is 0 Å². The third kappa shape index (κ3) is 1.07. The fourth-order valence-corrected chi connectivity index (χ4v) is 2.17. The normalized spacial score (nSPS) is 16.4. The van der Waals surface area contributed by atoms with E-state index < -0.39 is 0 Å². The molecule has 3 rings (SSSR count). The molecule has 0 saturated heterocycles. The zero-order chi connectivity index (χ0) is 9.71. The van der Waals surface area contributed by atoms with Gasteiger partial charge < -0.3 is 4.40 Å². The predicted octanol–water partition coefficient (Wildman–Crippen LogP) is 2.83. The van der Waals surface area contributed by atoms with Gasteiger partial charge in [0.05, 0.1) is 0 Å². The SMILES string of the molecule is Cc1cc(C)n2c(C3CC3)cnc2c1. The van der Waals surface area contributed by atoms with E-state index in [1.54, 1.807) is 0 Å². The number of hydrogen-bond acceptors (Lipinski definition) is 1. The molecule has 2 aromatic rings. The van der Waals surface area contributed by atoms with Crippen molar-refractivity contribution in [3.63, 3.8) is 0 Å². The summed E-state index contributed by atoms with van der Waals surface area (Å²) in [5.74, 6) is 0.770. The fourth-order valence-electron chi connectivity index (χ4n) is 2.17. The number of pyridine rings is 1. The molecule has 0 N–H and O–H groups in total. The quantitative estimate of drug-likeness (QED) is 0.669. The highest BCUT2D eigenvalue weighted by molar-refractivity contribution is 5.46. The van der Waals surface area contributed by atoms with Crippen molar-refractivity contribution in [2.45, 2.75) is 32.6 Å². The average molecular weight is 186 g/mol. The van der Waals surface area contributed by atoms with Crippen molar-refractivity contribution in [1.82, 2.24) is 9.38 Å². The average Bonchev–Trinajstić information content (AvgIpc) is 2.87. The van der Waals surface area contributed by atoms with Gasteiger partial charge in [-0.25, -0.2) is 4.98 Å². The number of fused-ring (bicyclic) bond motifs is 1. The monoisotopic (exact) mass is 186 g/mol. The van der Waals surface area contributed by atoms with Gasteiger partial charge in [-0.3, -0.25) is 0 Å². The van der Waals surface area contributed by atoms with E-state index in [2.05, 4.69) is 35.4 Å². The van der Waals surface area contributed by atoms with Gasteiger partial charge in [0.25, 0.3) is 0 Å². The van der Waals surface area contributed by atoms with E-state index in [0.717, 1.165) is 11.6 Å². The zero-order valence-electron chi connectivity index (χ0n) is 8.62. The van der Waals surface area contributed by atoms with E-state index in [4.69, 9.17) is 0 Å². The first kappa shape index (κ1) is 8.04. The van der Waals surface area contributed by atoms with Gasteiger partial charge in [-0.2, -0.15) is 0 Å². The van der Waals surface area contributed by atoms with Crippen LogP contribution in [0.15, 0.2) is 18.3 Å². The first-order valence-electron chi connectivity index (χ1n) is 5.20. The van der Waals surface area contributed by atoms with Crippen LogP contribution < -0.4 is 0 Å². The Morgan fingerprint density at radius 2 is 2.07 bits per heavy atom. The minimum atomic E-state index is 0.770. The van der Waals surface area contributed by atoms with Gasteiger partial charge in [-0.1, -0.05) is 0 Å². The lowest BCUT2D eigenvalue weighted by Gasteiger charge is -2.05. The maximum absolute atomic E-state index is 4.46. The van der Waals surface area contributed by atoms with Gasteiger partial charge in [0.2, 0.25) is 0 Å². The van der Waals surface area contributed by atoms with E-state index in [-0.39, 0.29) is 0 Å². The molecule has 2 nitrogen and oxygen atoms in total. The van der Waals surface area contributed by atoms with Gasteiger partial charge >= 0.3 is 0 Å². The molecule has 1 fully saturated rings. The lowest BCUT2D eigenvalue weighted by atomic mass is 10.2. The van der Waals surface area contributed by atoms with Crippen LogP contribution in [-0.2, 0) is 0 Å². The van der Waals surface area contributed by atoms with Crippen molar-refractivity contribution >= 4 is 5.65 Å². The van der Waals surface area contributed by atoms with Gasteiger partial charge in [0.1, 0.15) is 5.65 Å². The molecular weight excluding hydrogens is 172 g/mol. The molecule has 14 heavy (non-hydrogen) atoms. The van der Waals surface area contributed by atoms with E-state index in [1.165, 1.54) is 29.8 Å². The molecule has 2 aromatic heterocycles. The topological polar surface area (TPSA) is 17.3 Å². The minimum Gasteiger partial charge on any atom is -0.301 e. The van der Waals surface area contributed by atoms with Crippen LogP contribution in [0.1, 0.15) is 35.7 Å². The Morgan fingerprint density at radius 1 is 1.29 bits per heavy atom. The number of nitrogens with zero attached hydrogens (tertiary/aromatic N) is 2. The molecule has 2 heteroatoms. The van der Waals surface area contributed by atoms with Crippen LogP contribution in [0.4, 0.5) is 0 Å². The number of aromatic nitrogens is 2. The van der Waals surface area contributed by atoms with Crippen molar-refractivity contribution in [3.8, 4) is 0 Å². The van der Waals surface area contributed by atoms with Crippen molar-refractivity contribution < 1.29 is 0 Å². The Kier molecular flexibility index (Phi) is 1.49.